The highest BCUT2D eigenvalue weighted by molar-refractivity contribution is 6.33. The summed E-state index contributed by atoms with van der Waals surface area (Å²) in [6.07, 6.45) is 1.65. The van der Waals surface area contributed by atoms with Crippen LogP contribution in [0.1, 0.15) is 11.4 Å². The van der Waals surface area contributed by atoms with Crippen LogP contribution in [0.5, 0.6) is 0 Å². The van der Waals surface area contributed by atoms with Crippen LogP contribution >= 0.6 is 23.2 Å². The van der Waals surface area contributed by atoms with Crippen LogP contribution in [0.25, 0.3) is 11.0 Å². The van der Waals surface area contributed by atoms with Gasteiger partial charge in [-0.15, -0.1) is 0 Å². The number of fused-ring (bicyclic) bond motifs is 1. The maximum atomic E-state index is 6.11. The molecule has 0 saturated heterocycles. The Bertz CT molecular complexity index is 788. The van der Waals surface area contributed by atoms with E-state index in [1.165, 1.54) is 0 Å². The number of aryl methyl sites for hydroxylation is 1. The van der Waals surface area contributed by atoms with Crippen LogP contribution in [0.4, 0.5) is 0 Å². The van der Waals surface area contributed by atoms with Crippen LogP contribution in [0.3, 0.4) is 0 Å². The van der Waals surface area contributed by atoms with Gasteiger partial charge in [-0.3, -0.25) is 4.68 Å². The van der Waals surface area contributed by atoms with Gasteiger partial charge in [-0.1, -0.05) is 35.3 Å². The molecule has 5 nitrogen and oxygen atoms in total. The number of benzene rings is 1. The van der Waals surface area contributed by atoms with Gasteiger partial charge >= 0.3 is 0 Å². The van der Waals surface area contributed by atoms with Crippen molar-refractivity contribution in [3.63, 3.8) is 0 Å². The molecule has 7 heteroatoms. The van der Waals surface area contributed by atoms with E-state index in [0.717, 1.165) is 10.9 Å². The van der Waals surface area contributed by atoms with E-state index in [1.54, 1.807) is 10.9 Å². The largest absolute Gasteiger partial charge is 0.369 e. The third kappa shape index (κ3) is 3.15. The van der Waals surface area contributed by atoms with Gasteiger partial charge in [-0.2, -0.15) is 5.10 Å². The molecule has 2 heterocycles. The topological polar surface area (TPSA) is 52.8 Å². The molecule has 0 bridgehead atoms. The molecule has 3 aromatic rings. The van der Waals surface area contributed by atoms with Gasteiger partial charge in [0.05, 0.1) is 18.2 Å². The van der Waals surface area contributed by atoms with Gasteiger partial charge in [-0.05, 0) is 17.7 Å². The third-order valence-corrected chi connectivity index (χ3v) is 3.50. The van der Waals surface area contributed by atoms with E-state index in [-0.39, 0.29) is 6.61 Å². The van der Waals surface area contributed by atoms with E-state index in [2.05, 4.69) is 15.1 Å². The number of ether oxygens (including phenoxy) is 1. The van der Waals surface area contributed by atoms with Gasteiger partial charge < -0.3 is 4.74 Å². The monoisotopic (exact) mass is 322 g/mol. The van der Waals surface area contributed by atoms with Crippen molar-refractivity contribution in [2.75, 3.05) is 0 Å². The Morgan fingerprint density at radius 3 is 2.86 bits per heavy atom. The Labute approximate surface area is 131 Å². The van der Waals surface area contributed by atoms with E-state index >= 15 is 0 Å². The molecule has 0 aliphatic rings. The van der Waals surface area contributed by atoms with Crippen LogP contribution in [-0.4, -0.2) is 19.7 Å². The zero-order chi connectivity index (χ0) is 14.8. The van der Waals surface area contributed by atoms with Crippen molar-refractivity contribution >= 4 is 34.2 Å². The molecule has 1 aromatic carbocycles. The Morgan fingerprint density at radius 2 is 2.05 bits per heavy atom. The minimum Gasteiger partial charge on any atom is -0.369 e. The Hall–Kier alpha value is -1.69. The second-order valence-electron chi connectivity index (χ2n) is 4.56. The SMILES string of the molecule is Cn1ncc2c(Cl)nc(COCc3cccc(Cl)c3)nc21. The van der Waals surface area contributed by atoms with Crippen molar-refractivity contribution in [2.24, 2.45) is 7.05 Å². The van der Waals surface area contributed by atoms with Crippen molar-refractivity contribution in [1.29, 1.82) is 0 Å². The summed E-state index contributed by atoms with van der Waals surface area (Å²) in [6.45, 7) is 0.707. The molecule has 0 fully saturated rings. The summed E-state index contributed by atoms with van der Waals surface area (Å²) in [5.74, 6) is 0.526. The molecular formula is C14H12Cl2N4O. The molecule has 21 heavy (non-hydrogen) atoms. The fourth-order valence-corrected chi connectivity index (χ4v) is 2.43. The highest BCUT2D eigenvalue weighted by Crippen LogP contribution is 2.19. The highest BCUT2D eigenvalue weighted by atomic mass is 35.5. The number of halogens is 2. The summed E-state index contributed by atoms with van der Waals surface area (Å²) in [6, 6.07) is 7.52. The van der Waals surface area contributed by atoms with Crippen molar-refractivity contribution in [3.8, 4) is 0 Å². The average molecular weight is 323 g/mol. The Balaban J connectivity index is 1.72. The fourth-order valence-electron chi connectivity index (χ4n) is 1.98. The van der Waals surface area contributed by atoms with E-state index < -0.39 is 0 Å². The molecule has 0 aliphatic heterocycles. The first-order valence-corrected chi connectivity index (χ1v) is 7.05. The lowest BCUT2D eigenvalue weighted by Gasteiger charge is -2.05. The van der Waals surface area contributed by atoms with Gasteiger partial charge in [0.25, 0.3) is 0 Å². The molecule has 108 valence electrons. The van der Waals surface area contributed by atoms with Gasteiger partial charge in [0.1, 0.15) is 11.8 Å². The zero-order valence-electron chi connectivity index (χ0n) is 11.3. The molecule has 3 rings (SSSR count). The standard InChI is InChI=1S/C14H12Cl2N4O/c1-20-14-11(6-17-20)13(16)18-12(19-14)8-21-7-9-3-2-4-10(15)5-9/h2-6H,7-8H2,1H3. The summed E-state index contributed by atoms with van der Waals surface area (Å²) >= 11 is 12.0. The van der Waals surface area contributed by atoms with Gasteiger partial charge in [0.15, 0.2) is 11.5 Å². The van der Waals surface area contributed by atoms with E-state index in [1.807, 2.05) is 31.3 Å². The predicted molar refractivity (Wildman–Crippen MR) is 81.3 cm³/mol. The quantitative estimate of drug-likeness (QED) is 0.691. The van der Waals surface area contributed by atoms with Crippen molar-refractivity contribution in [2.45, 2.75) is 13.2 Å². The van der Waals surface area contributed by atoms with Crippen LogP contribution in [0.15, 0.2) is 30.5 Å². The molecule has 0 unspecified atom stereocenters. The van der Waals surface area contributed by atoms with Crippen molar-refractivity contribution in [1.82, 2.24) is 19.7 Å². The second kappa shape index (κ2) is 5.97. The molecule has 2 aromatic heterocycles. The Kier molecular flexibility index (Phi) is 4.05. The highest BCUT2D eigenvalue weighted by Gasteiger charge is 2.09. The minimum atomic E-state index is 0.271. The van der Waals surface area contributed by atoms with Crippen LogP contribution in [0, 0.1) is 0 Å². The molecule has 0 N–H and O–H groups in total. The first-order valence-electron chi connectivity index (χ1n) is 6.30. The van der Waals surface area contributed by atoms with E-state index in [9.17, 15) is 0 Å². The lowest BCUT2D eigenvalue weighted by Crippen LogP contribution is -2.02. The van der Waals surface area contributed by atoms with E-state index in [0.29, 0.717) is 28.3 Å². The second-order valence-corrected chi connectivity index (χ2v) is 5.35. The Morgan fingerprint density at radius 1 is 1.19 bits per heavy atom. The summed E-state index contributed by atoms with van der Waals surface area (Å²) in [5, 5.41) is 5.91. The molecular weight excluding hydrogens is 311 g/mol. The summed E-state index contributed by atoms with van der Waals surface area (Å²) in [4.78, 5) is 8.61. The first-order chi connectivity index (χ1) is 10.1. The minimum absolute atomic E-state index is 0.271. The number of aromatic nitrogens is 4. The maximum absolute atomic E-state index is 6.11. The normalized spacial score (nSPS) is 11.2. The van der Waals surface area contributed by atoms with E-state index in [4.69, 9.17) is 27.9 Å². The lowest BCUT2D eigenvalue weighted by atomic mass is 10.2. The number of hydrogen-bond acceptors (Lipinski definition) is 4. The number of hydrogen-bond donors (Lipinski definition) is 0. The molecule has 0 atom stereocenters. The molecule has 0 aliphatic carbocycles. The van der Waals surface area contributed by atoms with Crippen LogP contribution in [-0.2, 0) is 25.0 Å². The zero-order valence-corrected chi connectivity index (χ0v) is 12.8. The average Bonchev–Trinajstić information content (AvgIpc) is 2.81. The molecule has 0 spiro atoms. The summed E-state index contributed by atoms with van der Waals surface area (Å²) in [5.41, 5.74) is 1.69. The van der Waals surface area contributed by atoms with Crippen LogP contribution in [0.2, 0.25) is 10.2 Å². The van der Waals surface area contributed by atoms with Crippen molar-refractivity contribution < 1.29 is 4.74 Å². The fraction of sp³-hybridized carbons (Fsp3) is 0.214. The predicted octanol–water partition coefficient (Wildman–Crippen LogP) is 3.39. The van der Waals surface area contributed by atoms with Gasteiger partial charge in [-0.25, -0.2) is 9.97 Å². The smallest absolute Gasteiger partial charge is 0.162 e. The number of rotatable bonds is 4. The first kappa shape index (κ1) is 14.3. The maximum Gasteiger partial charge on any atom is 0.162 e. The summed E-state index contributed by atoms with van der Waals surface area (Å²) < 4.78 is 7.27. The van der Waals surface area contributed by atoms with Gasteiger partial charge in [0.2, 0.25) is 0 Å². The van der Waals surface area contributed by atoms with Crippen molar-refractivity contribution in [3.05, 3.63) is 52.0 Å². The summed E-state index contributed by atoms with van der Waals surface area (Å²) in [7, 11) is 1.81. The van der Waals surface area contributed by atoms with Gasteiger partial charge in [0, 0.05) is 12.1 Å². The molecule has 0 amide bonds. The van der Waals surface area contributed by atoms with Crippen LogP contribution < -0.4 is 0 Å². The third-order valence-electron chi connectivity index (χ3n) is 2.98. The lowest BCUT2D eigenvalue weighted by molar-refractivity contribution is 0.102. The molecule has 0 saturated carbocycles. The number of nitrogens with zero attached hydrogens (tertiary/aromatic N) is 4. The molecule has 0 radical (unpaired) electrons.